The molecule has 7 heteroatoms. The van der Waals surface area contributed by atoms with Gasteiger partial charge >= 0.3 is 5.97 Å². The molecule has 1 amide bonds. The SMILES string of the molecule is Cc1ccc(NC(=O)[C@H](C)OC(=O)/C=C/c2ccc3c(c2)OCCO3)cc1F. The van der Waals surface area contributed by atoms with E-state index in [0.717, 1.165) is 5.56 Å². The van der Waals surface area contributed by atoms with Crippen LogP contribution in [0.2, 0.25) is 0 Å². The molecule has 2 aromatic rings. The van der Waals surface area contributed by atoms with Gasteiger partial charge in [0.05, 0.1) is 0 Å². The average molecular weight is 385 g/mol. The van der Waals surface area contributed by atoms with Gasteiger partial charge in [-0.2, -0.15) is 0 Å². The van der Waals surface area contributed by atoms with E-state index in [1.54, 1.807) is 43.3 Å². The van der Waals surface area contributed by atoms with Gasteiger partial charge in [0, 0.05) is 11.8 Å². The summed E-state index contributed by atoms with van der Waals surface area (Å²) in [4.78, 5) is 24.1. The number of carbonyl (C=O) groups is 2. The maximum Gasteiger partial charge on any atom is 0.331 e. The number of ether oxygens (including phenoxy) is 3. The highest BCUT2D eigenvalue weighted by molar-refractivity contribution is 5.96. The summed E-state index contributed by atoms with van der Waals surface area (Å²) in [5.74, 6) is -0.384. The van der Waals surface area contributed by atoms with Crippen LogP contribution in [0.5, 0.6) is 11.5 Å². The number of halogens is 1. The van der Waals surface area contributed by atoms with Gasteiger partial charge in [-0.05, 0) is 55.3 Å². The maximum absolute atomic E-state index is 13.5. The Morgan fingerprint density at radius 3 is 2.64 bits per heavy atom. The van der Waals surface area contributed by atoms with Crippen LogP contribution >= 0.6 is 0 Å². The van der Waals surface area contributed by atoms with E-state index in [1.807, 2.05) is 0 Å². The van der Waals surface area contributed by atoms with Gasteiger partial charge in [-0.25, -0.2) is 9.18 Å². The van der Waals surface area contributed by atoms with E-state index in [1.165, 1.54) is 19.1 Å². The summed E-state index contributed by atoms with van der Waals surface area (Å²) in [6, 6.07) is 9.63. The summed E-state index contributed by atoms with van der Waals surface area (Å²) >= 11 is 0. The summed E-state index contributed by atoms with van der Waals surface area (Å²) in [5.41, 5.74) is 1.50. The highest BCUT2D eigenvalue weighted by atomic mass is 19.1. The molecule has 0 aromatic heterocycles. The molecule has 0 aliphatic carbocycles. The van der Waals surface area contributed by atoms with E-state index in [0.29, 0.717) is 36.0 Å². The van der Waals surface area contributed by atoms with Crippen LogP contribution in [-0.2, 0) is 14.3 Å². The van der Waals surface area contributed by atoms with Gasteiger partial charge < -0.3 is 19.5 Å². The molecule has 2 aromatic carbocycles. The fourth-order valence-electron chi connectivity index (χ4n) is 2.51. The van der Waals surface area contributed by atoms with Crippen molar-refractivity contribution in [2.75, 3.05) is 18.5 Å². The second-order valence-electron chi connectivity index (χ2n) is 6.27. The quantitative estimate of drug-likeness (QED) is 0.630. The Labute approximate surface area is 161 Å². The van der Waals surface area contributed by atoms with Crippen LogP contribution in [0.15, 0.2) is 42.5 Å². The minimum atomic E-state index is -1.04. The Morgan fingerprint density at radius 2 is 1.89 bits per heavy atom. The highest BCUT2D eigenvalue weighted by Gasteiger charge is 2.17. The number of rotatable bonds is 5. The molecule has 0 radical (unpaired) electrons. The fraction of sp³-hybridized carbons (Fsp3) is 0.238. The van der Waals surface area contributed by atoms with Crippen molar-refractivity contribution in [1.82, 2.24) is 0 Å². The maximum atomic E-state index is 13.5. The van der Waals surface area contributed by atoms with Gasteiger partial charge in [0.25, 0.3) is 5.91 Å². The molecule has 0 saturated heterocycles. The smallest absolute Gasteiger partial charge is 0.331 e. The Kier molecular flexibility index (Phi) is 5.93. The van der Waals surface area contributed by atoms with Crippen LogP contribution in [0, 0.1) is 12.7 Å². The first kappa shape index (κ1) is 19.4. The van der Waals surface area contributed by atoms with Crippen molar-refractivity contribution in [3.05, 3.63) is 59.4 Å². The molecule has 3 rings (SSSR count). The number of benzene rings is 2. The second-order valence-corrected chi connectivity index (χ2v) is 6.27. The standard InChI is InChI=1S/C21H20FNO5/c1-13-3-6-16(12-17(13)22)23-21(25)14(2)28-20(24)8-5-15-4-7-18-19(11-15)27-10-9-26-18/h3-8,11-12,14H,9-10H2,1-2H3,(H,23,25)/b8-5+/t14-/m0/s1. The van der Waals surface area contributed by atoms with Gasteiger partial charge in [0.1, 0.15) is 19.0 Å². The number of fused-ring (bicyclic) bond motifs is 1. The lowest BCUT2D eigenvalue weighted by molar-refractivity contribution is -0.148. The monoisotopic (exact) mass is 385 g/mol. The molecular formula is C21H20FNO5. The van der Waals surface area contributed by atoms with E-state index in [9.17, 15) is 14.0 Å². The number of aryl methyl sites for hydroxylation is 1. The Morgan fingerprint density at radius 1 is 1.14 bits per heavy atom. The lowest BCUT2D eigenvalue weighted by Crippen LogP contribution is -2.29. The third kappa shape index (κ3) is 4.88. The number of amides is 1. The normalized spacial score (nSPS) is 13.8. The van der Waals surface area contributed by atoms with Gasteiger partial charge in [-0.15, -0.1) is 0 Å². The van der Waals surface area contributed by atoms with Crippen molar-refractivity contribution < 1.29 is 28.2 Å². The number of esters is 1. The second kappa shape index (κ2) is 8.56. The zero-order valence-electron chi connectivity index (χ0n) is 15.5. The molecule has 146 valence electrons. The largest absolute Gasteiger partial charge is 0.486 e. The number of hydrogen-bond acceptors (Lipinski definition) is 5. The van der Waals surface area contributed by atoms with E-state index >= 15 is 0 Å². The Bertz CT molecular complexity index is 925. The van der Waals surface area contributed by atoms with E-state index in [-0.39, 0.29) is 0 Å². The zero-order chi connectivity index (χ0) is 20.1. The molecule has 1 heterocycles. The Balaban J connectivity index is 1.55. The Hall–Kier alpha value is -3.35. The number of carbonyl (C=O) groups excluding carboxylic acids is 2. The van der Waals surface area contributed by atoms with Crippen LogP contribution in [0.4, 0.5) is 10.1 Å². The summed E-state index contributed by atoms with van der Waals surface area (Å²) in [6.45, 7) is 4.04. The predicted octanol–water partition coefficient (Wildman–Crippen LogP) is 3.49. The van der Waals surface area contributed by atoms with Crippen molar-refractivity contribution in [1.29, 1.82) is 0 Å². The fourth-order valence-corrected chi connectivity index (χ4v) is 2.51. The van der Waals surface area contributed by atoms with Gasteiger partial charge in [0.15, 0.2) is 17.6 Å². The third-order valence-corrected chi connectivity index (χ3v) is 4.08. The molecule has 0 spiro atoms. The highest BCUT2D eigenvalue weighted by Crippen LogP contribution is 2.31. The summed E-state index contributed by atoms with van der Waals surface area (Å²) in [5, 5.41) is 2.51. The van der Waals surface area contributed by atoms with Gasteiger partial charge in [0.2, 0.25) is 0 Å². The average Bonchev–Trinajstić information content (AvgIpc) is 2.69. The molecule has 1 atom stereocenters. The molecule has 0 saturated carbocycles. The van der Waals surface area contributed by atoms with Crippen LogP contribution in [-0.4, -0.2) is 31.2 Å². The van der Waals surface area contributed by atoms with Crippen molar-refractivity contribution in [3.8, 4) is 11.5 Å². The molecular weight excluding hydrogens is 365 g/mol. The van der Waals surface area contributed by atoms with Gasteiger partial charge in [-0.1, -0.05) is 12.1 Å². The number of anilines is 1. The van der Waals surface area contributed by atoms with Crippen LogP contribution < -0.4 is 14.8 Å². The van der Waals surface area contributed by atoms with Crippen molar-refractivity contribution >= 4 is 23.6 Å². The molecule has 6 nitrogen and oxygen atoms in total. The molecule has 1 aliphatic rings. The number of hydrogen-bond donors (Lipinski definition) is 1. The zero-order valence-corrected chi connectivity index (χ0v) is 15.5. The first-order valence-corrected chi connectivity index (χ1v) is 8.78. The summed E-state index contributed by atoms with van der Waals surface area (Å²) in [7, 11) is 0. The third-order valence-electron chi connectivity index (χ3n) is 4.08. The molecule has 0 unspecified atom stereocenters. The molecule has 0 fully saturated rings. The van der Waals surface area contributed by atoms with Gasteiger partial charge in [-0.3, -0.25) is 4.79 Å². The minimum Gasteiger partial charge on any atom is -0.486 e. The van der Waals surface area contributed by atoms with E-state index in [4.69, 9.17) is 14.2 Å². The van der Waals surface area contributed by atoms with E-state index in [2.05, 4.69) is 5.32 Å². The summed E-state index contributed by atoms with van der Waals surface area (Å²) < 4.78 is 29.6. The molecule has 1 N–H and O–H groups in total. The predicted molar refractivity (Wildman–Crippen MR) is 102 cm³/mol. The van der Waals surface area contributed by atoms with E-state index < -0.39 is 23.8 Å². The number of nitrogens with one attached hydrogen (secondary N) is 1. The lowest BCUT2D eigenvalue weighted by atomic mass is 10.2. The van der Waals surface area contributed by atoms with Crippen molar-refractivity contribution in [2.24, 2.45) is 0 Å². The molecule has 28 heavy (non-hydrogen) atoms. The molecule has 1 aliphatic heterocycles. The minimum absolute atomic E-state index is 0.294. The summed E-state index contributed by atoms with van der Waals surface area (Å²) in [6.07, 6.45) is 1.74. The van der Waals surface area contributed by atoms with Crippen molar-refractivity contribution in [2.45, 2.75) is 20.0 Å². The van der Waals surface area contributed by atoms with Crippen LogP contribution in [0.3, 0.4) is 0 Å². The van der Waals surface area contributed by atoms with Crippen molar-refractivity contribution in [3.63, 3.8) is 0 Å². The topological polar surface area (TPSA) is 73.9 Å². The molecule has 0 bridgehead atoms. The first-order chi connectivity index (χ1) is 13.4. The van der Waals surface area contributed by atoms with Crippen LogP contribution in [0.1, 0.15) is 18.1 Å². The first-order valence-electron chi connectivity index (χ1n) is 8.78. The lowest BCUT2D eigenvalue weighted by Gasteiger charge is -2.18. The van der Waals surface area contributed by atoms with Crippen LogP contribution in [0.25, 0.3) is 6.08 Å².